The molecule has 1 atom stereocenters. The Kier molecular flexibility index (Phi) is 4.53. The highest BCUT2D eigenvalue weighted by Gasteiger charge is 2.22. The lowest BCUT2D eigenvalue weighted by Gasteiger charge is -2.29. The highest BCUT2D eigenvalue weighted by Crippen LogP contribution is 2.30. The molecule has 2 aromatic rings. The first-order chi connectivity index (χ1) is 10.7. The van der Waals surface area contributed by atoms with E-state index in [-0.39, 0.29) is 6.10 Å². The molecule has 1 aliphatic rings. The zero-order valence-electron chi connectivity index (χ0n) is 13.0. The molecule has 0 saturated carbocycles. The van der Waals surface area contributed by atoms with Gasteiger partial charge in [-0.3, -0.25) is 4.90 Å². The van der Waals surface area contributed by atoms with E-state index in [2.05, 4.69) is 28.8 Å². The molecular formula is C17H21N3O2. The van der Waals surface area contributed by atoms with Gasteiger partial charge >= 0.3 is 0 Å². The Labute approximate surface area is 130 Å². The highest BCUT2D eigenvalue weighted by molar-refractivity contribution is 5.40. The summed E-state index contributed by atoms with van der Waals surface area (Å²) in [6.07, 6.45) is 2.71. The van der Waals surface area contributed by atoms with E-state index in [4.69, 9.17) is 9.47 Å². The Hall–Kier alpha value is -2.14. The summed E-state index contributed by atoms with van der Waals surface area (Å²) in [6.45, 7) is 4.20. The second-order valence-electron chi connectivity index (χ2n) is 5.51. The van der Waals surface area contributed by atoms with Crippen LogP contribution >= 0.6 is 0 Å². The van der Waals surface area contributed by atoms with Gasteiger partial charge < -0.3 is 9.47 Å². The van der Waals surface area contributed by atoms with E-state index in [0.29, 0.717) is 6.61 Å². The second kappa shape index (κ2) is 6.75. The van der Waals surface area contributed by atoms with Crippen LogP contribution in [0.1, 0.15) is 18.4 Å². The first-order valence-electron chi connectivity index (χ1n) is 7.62. The molecule has 0 unspecified atom stereocenters. The van der Waals surface area contributed by atoms with Crippen LogP contribution in [-0.2, 0) is 13.0 Å². The number of para-hydroxylation sites is 2. The summed E-state index contributed by atoms with van der Waals surface area (Å²) < 4.78 is 11.7. The van der Waals surface area contributed by atoms with Gasteiger partial charge in [0, 0.05) is 25.7 Å². The molecule has 1 aromatic heterocycles. The van der Waals surface area contributed by atoms with Gasteiger partial charge in [0.15, 0.2) is 11.5 Å². The minimum Gasteiger partial charge on any atom is -0.486 e. The molecule has 22 heavy (non-hydrogen) atoms. The predicted octanol–water partition coefficient (Wildman–Crippen LogP) is 2.31. The maximum absolute atomic E-state index is 5.99. The van der Waals surface area contributed by atoms with Crippen LogP contribution in [0.3, 0.4) is 0 Å². The topological polar surface area (TPSA) is 47.5 Å². The van der Waals surface area contributed by atoms with Crippen molar-refractivity contribution in [2.24, 2.45) is 0 Å². The van der Waals surface area contributed by atoms with E-state index < -0.39 is 0 Å². The molecule has 0 radical (unpaired) electrons. The number of aryl methyl sites for hydroxylation is 1. The van der Waals surface area contributed by atoms with Gasteiger partial charge in [-0.25, -0.2) is 9.97 Å². The van der Waals surface area contributed by atoms with Crippen molar-refractivity contribution in [2.45, 2.75) is 26.0 Å². The van der Waals surface area contributed by atoms with Crippen LogP contribution in [0.25, 0.3) is 0 Å². The van der Waals surface area contributed by atoms with E-state index in [0.717, 1.165) is 42.5 Å². The van der Waals surface area contributed by atoms with Gasteiger partial charge in [0.1, 0.15) is 18.5 Å². The minimum absolute atomic E-state index is 0.0346. The zero-order chi connectivity index (χ0) is 15.4. The summed E-state index contributed by atoms with van der Waals surface area (Å²) in [7, 11) is 2.07. The Balaban J connectivity index is 1.57. The van der Waals surface area contributed by atoms with E-state index in [9.17, 15) is 0 Å². The van der Waals surface area contributed by atoms with Crippen molar-refractivity contribution in [1.82, 2.24) is 14.9 Å². The molecule has 0 spiro atoms. The number of fused-ring (bicyclic) bond motifs is 1. The van der Waals surface area contributed by atoms with Crippen LogP contribution in [0.5, 0.6) is 11.5 Å². The van der Waals surface area contributed by atoms with Crippen molar-refractivity contribution in [2.75, 3.05) is 20.2 Å². The Bertz CT molecular complexity index is 633. The van der Waals surface area contributed by atoms with E-state index >= 15 is 0 Å². The number of hydrogen-bond donors (Lipinski definition) is 0. The first kappa shape index (κ1) is 14.8. The lowest BCUT2D eigenvalue weighted by atomic mass is 10.2. The number of nitrogens with zero attached hydrogens (tertiary/aromatic N) is 3. The summed E-state index contributed by atoms with van der Waals surface area (Å²) in [4.78, 5) is 11.0. The molecule has 116 valence electrons. The SMILES string of the molecule is CCc1nccc(CN(C)C[C@@H]2COc3ccccc3O2)n1. The number of aromatic nitrogens is 2. The smallest absolute Gasteiger partial charge is 0.161 e. The fourth-order valence-electron chi connectivity index (χ4n) is 2.54. The number of hydrogen-bond acceptors (Lipinski definition) is 5. The molecule has 3 rings (SSSR count). The number of benzene rings is 1. The second-order valence-corrected chi connectivity index (χ2v) is 5.51. The Morgan fingerprint density at radius 2 is 2.05 bits per heavy atom. The third-order valence-corrected chi connectivity index (χ3v) is 3.59. The van der Waals surface area contributed by atoms with E-state index in [1.165, 1.54) is 0 Å². The summed E-state index contributed by atoms with van der Waals surface area (Å²) in [5.74, 6) is 2.53. The highest BCUT2D eigenvalue weighted by atomic mass is 16.6. The average Bonchev–Trinajstić information content (AvgIpc) is 2.55. The summed E-state index contributed by atoms with van der Waals surface area (Å²) in [6, 6.07) is 9.75. The van der Waals surface area contributed by atoms with Crippen molar-refractivity contribution < 1.29 is 9.47 Å². The van der Waals surface area contributed by atoms with Crippen LogP contribution in [0.2, 0.25) is 0 Å². The summed E-state index contributed by atoms with van der Waals surface area (Å²) in [5, 5.41) is 0. The van der Waals surface area contributed by atoms with E-state index in [1.807, 2.05) is 36.5 Å². The number of ether oxygens (including phenoxy) is 2. The number of rotatable bonds is 5. The molecule has 2 heterocycles. The minimum atomic E-state index is 0.0346. The van der Waals surface area contributed by atoms with Gasteiger partial charge in [-0.2, -0.15) is 0 Å². The standard InChI is InChI=1S/C17H21N3O2/c1-3-17-18-9-8-13(19-17)10-20(2)11-14-12-21-15-6-4-5-7-16(15)22-14/h4-9,14H,3,10-12H2,1-2H3/t14-/m1/s1. The third-order valence-electron chi connectivity index (χ3n) is 3.59. The van der Waals surface area contributed by atoms with Gasteiger partial charge in [-0.05, 0) is 25.2 Å². The fourth-order valence-corrected chi connectivity index (χ4v) is 2.54. The Morgan fingerprint density at radius 1 is 1.23 bits per heavy atom. The molecule has 1 aromatic carbocycles. The molecule has 1 aliphatic heterocycles. The molecule has 0 fully saturated rings. The van der Waals surface area contributed by atoms with Crippen LogP contribution in [0, 0.1) is 0 Å². The number of likely N-dealkylation sites (N-methyl/N-ethyl adjacent to an activating group) is 1. The molecule has 0 aliphatic carbocycles. The van der Waals surface area contributed by atoms with Crippen LogP contribution in [-0.4, -0.2) is 41.2 Å². The van der Waals surface area contributed by atoms with Gasteiger partial charge in [-0.1, -0.05) is 19.1 Å². The average molecular weight is 299 g/mol. The lowest BCUT2D eigenvalue weighted by Crippen LogP contribution is -2.39. The van der Waals surface area contributed by atoms with Crippen molar-refractivity contribution in [3.63, 3.8) is 0 Å². The quantitative estimate of drug-likeness (QED) is 0.848. The van der Waals surface area contributed by atoms with Gasteiger partial charge in [-0.15, -0.1) is 0 Å². The zero-order valence-corrected chi connectivity index (χ0v) is 13.0. The molecule has 0 N–H and O–H groups in total. The molecule has 5 heteroatoms. The fraction of sp³-hybridized carbons (Fsp3) is 0.412. The predicted molar refractivity (Wildman–Crippen MR) is 84.1 cm³/mol. The van der Waals surface area contributed by atoms with Crippen LogP contribution in [0.4, 0.5) is 0 Å². The largest absolute Gasteiger partial charge is 0.486 e. The van der Waals surface area contributed by atoms with Crippen molar-refractivity contribution in [3.8, 4) is 11.5 Å². The molecule has 0 bridgehead atoms. The van der Waals surface area contributed by atoms with Crippen molar-refractivity contribution in [3.05, 3.63) is 48.0 Å². The van der Waals surface area contributed by atoms with Crippen molar-refractivity contribution >= 4 is 0 Å². The normalized spacial score (nSPS) is 16.8. The van der Waals surface area contributed by atoms with Gasteiger partial charge in [0.2, 0.25) is 0 Å². The monoisotopic (exact) mass is 299 g/mol. The van der Waals surface area contributed by atoms with E-state index in [1.54, 1.807) is 0 Å². The molecule has 5 nitrogen and oxygen atoms in total. The first-order valence-corrected chi connectivity index (χ1v) is 7.62. The summed E-state index contributed by atoms with van der Waals surface area (Å²) in [5.41, 5.74) is 1.03. The van der Waals surface area contributed by atoms with Crippen LogP contribution < -0.4 is 9.47 Å². The third kappa shape index (κ3) is 3.54. The Morgan fingerprint density at radius 3 is 2.86 bits per heavy atom. The maximum Gasteiger partial charge on any atom is 0.161 e. The lowest BCUT2D eigenvalue weighted by molar-refractivity contribution is 0.0635. The van der Waals surface area contributed by atoms with Gasteiger partial charge in [0.25, 0.3) is 0 Å². The summed E-state index contributed by atoms with van der Waals surface area (Å²) >= 11 is 0. The maximum atomic E-state index is 5.99. The molecular weight excluding hydrogens is 278 g/mol. The van der Waals surface area contributed by atoms with Crippen LogP contribution in [0.15, 0.2) is 36.5 Å². The van der Waals surface area contributed by atoms with Crippen molar-refractivity contribution in [1.29, 1.82) is 0 Å². The van der Waals surface area contributed by atoms with Gasteiger partial charge in [0.05, 0.1) is 5.69 Å². The molecule has 0 saturated heterocycles. The molecule has 0 amide bonds.